The maximum atomic E-state index is 13.2. The lowest BCUT2D eigenvalue weighted by Gasteiger charge is -2.10. The maximum absolute atomic E-state index is 13.2. The minimum Gasteiger partial charge on any atom is -0.467 e. The number of thiophene rings is 1. The summed E-state index contributed by atoms with van der Waals surface area (Å²) >= 11 is 7.53. The van der Waals surface area contributed by atoms with Gasteiger partial charge in [0.1, 0.15) is 10.8 Å². The highest BCUT2D eigenvalue weighted by molar-refractivity contribution is 7.90. The van der Waals surface area contributed by atoms with Crippen molar-refractivity contribution in [2.24, 2.45) is 0 Å². The van der Waals surface area contributed by atoms with E-state index in [1.807, 2.05) is 13.0 Å². The number of hydrogen-bond donors (Lipinski definition) is 2. The van der Waals surface area contributed by atoms with E-state index >= 15 is 0 Å². The predicted octanol–water partition coefficient (Wildman–Crippen LogP) is 4.74. The van der Waals surface area contributed by atoms with Crippen LogP contribution in [-0.2, 0) is 35.0 Å². The van der Waals surface area contributed by atoms with Crippen LogP contribution in [0.25, 0.3) is 0 Å². The van der Waals surface area contributed by atoms with Crippen molar-refractivity contribution in [1.82, 2.24) is 15.3 Å². The van der Waals surface area contributed by atoms with Crippen molar-refractivity contribution in [3.63, 3.8) is 0 Å². The number of amides is 2. The van der Waals surface area contributed by atoms with Gasteiger partial charge in [-0.15, -0.1) is 11.3 Å². The number of aromatic nitrogens is 2. The minimum atomic E-state index is -3.95. The molecule has 0 atom stereocenters. The molecule has 3 heterocycles. The molecule has 38 heavy (non-hydrogen) atoms. The summed E-state index contributed by atoms with van der Waals surface area (Å²) in [6.07, 6.45) is 5.08. The summed E-state index contributed by atoms with van der Waals surface area (Å²) in [4.78, 5) is 35.3. The van der Waals surface area contributed by atoms with Gasteiger partial charge in [-0.05, 0) is 49.4 Å². The van der Waals surface area contributed by atoms with E-state index < -0.39 is 20.9 Å². The molecule has 3 aromatic heterocycles. The molecule has 0 spiro atoms. The molecule has 0 radical (unpaired) electrons. The zero-order chi connectivity index (χ0) is 26.9. The van der Waals surface area contributed by atoms with Crippen molar-refractivity contribution in [3.05, 3.63) is 92.5 Å². The van der Waals surface area contributed by atoms with Crippen LogP contribution < -0.4 is 10.6 Å². The van der Waals surface area contributed by atoms with Crippen molar-refractivity contribution in [1.29, 1.82) is 0 Å². The third-order valence-corrected chi connectivity index (χ3v) is 8.98. The zero-order valence-corrected chi connectivity index (χ0v) is 22.7. The Morgan fingerprint density at radius 1 is 1.16 bits per heavy atom. The molecule has 0 saturated carbocycles. The molecule has 2 amide bonds. The van der Waals surface area contributed by atoms with Gasteiger partial charge < -0.3 is 15.1 Å². The highest BCUT2D eigenvalue weighted by Gasteiger charge is 2.29. The van der Waals surface area contributed by atoms with Crippen LogP contribution in [0.4, 0.5) is 5.00 Å². The van der Waals surface area contributed by atoms with Gasteiger partial charge in [0, 0.05) is 4.88 Å². The number of nitrogens with zero attached hydrogens (tertiary/aromatic N) is 2. The summed E-state index contributed by atoms with van der Waals surface area (Å²) in [5.41, 5.74) is 2.49. The topological polar surface area (TPSA) is 131 Å². The normalized spacial score (nSPS) is 12.8. The number of rotatable bonds is 8. The van der Waals surface area contributed by atoms with Gasteiger partial charge in [-0.1, -0.05) is 41.4 Å². The highest BCUT2D eigenvalue weighted by Crippen LogP contribution is 2.39. The Bertz CT molecular complexity index is 1630. The summed E-state index contributed by atoms with van der Waals surface area (Å²) in [6.45, 7) is 2.06. The summed E-state index contributed by atoms with van der Waals surface area (Å²) in [5.74, 6) is -0.798. The molecular weight excluding hydrogens is 548 g/mol. The highest BCUT2D eigenvalue weighted by atomic mass is 35.5. The summed E-state index contributed by atoms with van der Waals surface area (Å²) in [7, 11) is -3.95. The number of carbonyl (C=O) groups excluding carboxylic acids is 2. The summed E-state index contributed by atoms with van der Waals surface area (Å²) in [5, 5.41) is 5.31. The lowest BCUT2D eigenvalue weighted by atomic mass is 10.1. The second-order valence-corrected chi connectivity index (χ2v) is 12.3. The maximum Gasteiger partial charge on any atom is 0.276 e. The second-order valence-electron chi connectivity index (χ2n) is 8.87. The molecular formula is C26H23ClN4O5S2. The Balaban J connectivity index is 1.39. The van der Waals surface area contributed by atoms with Crippen LogP contribution in [-0.4, -0.2) is 30.2 Å². The molecule has 1 aliphatic rings. The van der Waals surface area contributed by atoms with Crippen LogP contribution in [0, 0.1) is 6.92 Å². The average molecular weight is 571 g/mol. The Labute approximate surface area is 228 Å². The third kappa shape index (κ3) is 5.50. The molecule has 5 rings (SSSR count). The first-order valence-electron chi connectivity index (χ1n) is 11.8. The van der Waals surface area contributed by atoms with Gasteiger partial charge in [0.05, 0.1) is 35.3 Å². The number of hydrogen-bond acceptors (Lipinski definition) is 8. The van der Waals surface area contributed by atoms with Crippen molar-refractivity contribution in [2.75, 3.05) is 5.32 Å². The van der Waals surface area contributed by atoms with E-state index in [9.17, 15) is 18.0 Å². The van der Waals surface area contributed by atoms with Crippen molar-refractivity contribution in [3.8, 4) is 0 Å². The van der Waals surface area contributed by atoms with Gasteiger partial charge in [0.15, 0.2) is 5.69 Å². The second kappa shape index (κ2) is 10.7. The largest absolute Gasteiger partial charge is 0.467 e. The minimum absolute atomic E-state index is 0.107. The number of halogens is 1. The SMILES string of the molecule is Cc1cccc(CS(=O)(=O)c2ncc(Cl)c(C(=O)Nc3sc4c(c3C(=O)NCc3ccco3)CCC4)n2)c1. The molecule has 1 aromatic carbocycles. The molecule has 0 unspecified atom stereocenters. The third-order valence-electron chi connectivity index (χ3n) is 6.03. The molecule has 12 heteroatoms. The van der Waals surface area contributed by atoms with Crippen LogP contribution >= 0.6 is 22.9 Å². The number of fused-ring (bicyclic) bond motifs is 1. The van der Waals surface area contributed by atoms with Crippen molar-refractivity contribution in [2.45, 2.75) is 43.6 Å². The Morgan fingerprint density at radius 3 is 2.76 bits per heavy atom. The fourth-order valence-electron chi connectivity index (χ4n) is 4.31. The Morgan fingerprint density at radius 2 is 2.00 bits per heavy atom. The first-order chi connectivity index (χ1) is 18.2. The molecule has 1 aliphatic carbocycles. The predicted molar refractivity (Wildman–Crippen MR) is 143 cm³/mol. The standard InChI is InChI=1S/C26H23ClN4O5S2/c1-15-5-2-6-16(11-15)14-38(34,35)26-29-13-19(27)22(30-26)24(33)31-25-21(18-8-3-9-20(18)37-25)23(32)28-12-17-7-4-10-36-17/h2,4-7,10-11,13H,3,8-9,12,14H2,1H3,(H,28,32)(H,31,33). The Kier molecular flexibility index (Phi) is 7.33. The van der Waals surface area contributed by atoms with Gasteiger partial charge in [-0.2, -0.15) is 0 Å². The van der Waals surface area contributed by atoms with E-state index in [1.165, 1.54) is 17.6 Å². The monoisotopic (exact) mass is 570 g/mol. The van der Waals surface area contributed by atoms with Gasteiger partial charge in [-0.25, -0.2) is 18.4 Å². The molecule has 0 fully saturated rings. The molecule has 2 N–H and O–H groups in total. The van der Waals surface area contributed by atoms with Crippen LogP contribution in [0.15, 0.2) is 58.4 Å². The number of aryl methyl sites for hydroxylation is 2. The number of anilines is 1. The number of nitrogens with one attached hydrogen (secondary N) is 2. The van der Waals surface area contributed by atoms with Crippen LogP contribution in [0.3, 0.4) is 0 Å². The van der Waals surface area contributed by atoms with Crippen LogP contribution in [0.1, 0.15) is 54.6 Å². The van der Waals surface area contributed by atoms with Crippen molar-refractivity contribution >= 4 is 49.6 Å². The Hall–Kier alpha value is -3.54. The number of benzene rings is 1. The van der Waals surface area contributed by atoms with E-state index in [0.717, 1.165) is 41.5 Å². The zero-order valence-electron chi connectivity index (χ0n) is 20.3. The lowest BCUT2D eigenvalue weighted by Crippen LogP contribution is -2.25. The van der Waals surface area contributed by atoms with E-state index in [0.29, 0.717) is 21.9 Å². The molecule has 4 aromatic rings. The number of furan rings is 1. The average Bonchev–Trinajstić information content (AvgIpc) is 3.60. The smallest absolute Gasteiger partial charge is 0.276 e. The summed E-state index contributed by atoms with van der Waals surface area (Å²) < 4.78 is 31.3. The fourth-order valence-corrected chi connectivity index (χ4v) is 6.96. The van der Waals surface area contributed by atoms with Gasteiger partial charge in [0.25, 0.3) is 11.8 Å². The lowest BCUT2D eigenvalue weighted by molar-refractivity contribution is 0.0948. The molecule has 0 bridgehead atoms. The van der Waals surface area contributed by atoms with Crippen molar-refractivity contribution < 1.29 is 22.4 Å². The molecule has 0 aliphatic heterocycles. The molecule has 0 saturated heterocycles. The number of sulfone groups is 1. The van der Waals surface area contributed by atoms with E-state index in [1.54, 1.807) is 30.3 Å². The first kappa shape index (κ1) is 26.1. The molecule has 196 valence electrons. The van der Waals surface area contributed by atoms with E-state index in [2.05, 4.69) is 20.6 Å². The number of carbonyl (C=O) groups is 2. The van der Waals surface area contributed by atoms with E-state index in [-0.39, 0.29) is 28.9 Å². The van der Waals surface area contributed by atoms with E-state index in [4.69, 9.17) is 16.0 Å². The van der Waals surface area contributed by atoms with Crippen LogP contribution in [0.5, 0.6) is 0 Å². The fraction of sp³-hybridized carbons (Fsp3) is 0.231. The van der Waals surface area contributed by atoms with Crippen LogP contribution in [0.2, 0.25) is 5.02 Å². The first-order valence-corrected chi connectivity index (χ1v) is 14.6. The molecule has 9 nitrogen and oxygen atoms in total. The quantitative estimate of drug-likeness (QED) is 0.292. The summed E-state index contributed by atoms with van der Waals surface area (Å²) in [6, 6.07) is 10.6. The van der Waals surface area contributed by atoms with Gasteiger partial charge in [-0.3, -0.25) is 9.59 Å². The van der Waals surface area contributed by atoms with Gasteiger partial charge in [0.2, 0.25) is 15.0 Å². The van der Waals surface area contributed by atoms with Gasteiger partial charge >= 0.3 is 0 Å².